The van der Waals surface area contributed by atoms with Gasteiger partial charge < -0.3 is 31.5 Å². The number of benzene rings is 1. The highest BCUT2D eigenvalue weighted by Gasteiger charge is 2.25. The summed E-state index contributed by atoms with van der Waals surface area (Å²) in [6.07, 6.45) is 1.53. The first kappa shape index (κ1) is 25.9. The van der Waals surface area contributed by atoms with Crippen molar-refractivity contribution in [2.24, 2.45) is 11.7 Å². The number of aromatic hydroxyl groups is 1. The van der Waals surface area contributed by atoms with Crippen molar-refractivity contribution < 1.29 is 29.0 Å². The fourth-order valence-electron chi connectivity index (χ4n) is 2.70. The van der Waals surface area contributed by atoms with Gasteiger partial charge in [-0.1, -0.05) is 13.8 Å². The van der Waals surface area contributed by atoms with Gasteiger partial charge in [-0.05, 0) is 37.3 Å². The zero-order chi connectivity index (χ0) is 23.6. The van der Waals surface area contributed by atoms with Crippen LogP contribution in [0.3, 0.4) is 0 Å². The molecule has 10 nitrogen and oxygen atoms in total. The van der Waals surface area contributed by atoms with E-state index >= 15 is 0 Å². The first-order valence-corrected chi connectivity index (χ1v) is 10.1. The molecule has 10 heteroatoms. The van der Waals surface area contributed by atoms with E-state index < -0.39 is 29.9 Å². The average Bonchev–Trinajstić information content (AvgIpc) is 2.71. The number of phenols is 1. The molecule has 0 bridgehead atoms. The summed E-state index contributed by atoms with van der Waals surface area (Å²) in [6.45, 7) is 5.49. The van der Waals surface area contributed by atoms with Gasteiger partial charge >= 0.3 is 5.97 Å². The smallest absolute Gasteiger partial charge is 0.341 e. The number of amides is 3. The van der Waals surface area contributed by atoms with E-state index in [9.17, 15) is 24.3 Å². The summed E-state index contributed by atoms with van der Waals surface area (Å²) in [5.74, 6) is -2.23. The third kappa shape index (κ3) is 8.63. The molecule has 0 aliphatic rings. The zero-order valence-corrected chi connectivity index (χ0v) is 18.4. The highest BCUT2D eigenvalue weighted by molar-refractivity contribution is 5.99. The van der Waals surface area contributed by atoms with Crippen LogP contribution in [0.25, 0.3) is 0 Å². The number of nitrogens with one attached hydrogen (secondary N) is 3. The SMILES string of the molecule is COC(=O)c1ccc(NC(=O)[C@H](CCCCNC(C)=O)NC(=O)[C@@H](N)C(C)C)cc1O. The van der Waals surface area contributed by atoms with Crippen LogP contribution in [0.1, 0.15) is 50.4 Å². The summed E-state index contributed by atoms with van der Waals surface area (Å²) in [6, 6.07) is 2.36. The van der Waals surface area contributed by atoms with Gasteiger partial charge in [0.15, 0.2) is 0 Å². The maximum Gasteiger partial charge on any atom is 0.341 e. The first-order valence-electron chi connectivity index (χ1n) is 10.1. The van der Waals surface area contributed by atoms with Crippen molar-refractivity contribution in [2.45, 2.75) is 52.1 Å². The molecule has 0 aromatic heterocycles. The van der Waals surface area contributed by atoms with Gasteiger partial charge in [0.05, 0.1) is 13.2 Å². The van der Waals surface area contributed by atoms with Crippen molar-refractivity contribution >= 4 is 29.4 Å². The van der Waals surface area contributed by atoms with E-state index in [1.807, 2.05) is 0 Å². The second kappa shape index (κ2) is 12.5. The minimum Gasteiger partial charge on any atom is -0.507 e. The predicted molar refractivity (Wildman–Crippen MR) is 115 cm³/mol. The number of rotatable bonds is 11. The highest BCUT2D eigenvalue weighted by Crippen LogP contribution is 2.23. The lowest BCUT2D eigenvalue weighted by atomic mass is 10.0. The average molecular weight is 437 g/mol. The second-order valence-corrected chi connectivity index (χ2v) is 7.52. The number of hydrogen-bond acceptors (Lipinski definition) is 7. The van der Waals surface area contributed by atoms with E-state index in [1.54, 1.807) is 13.8 Å². The number of nitrogens with two attached hydrogens (primary N) is 1. The van der Waals surface area contributed by atoms with Gasteiger partial charge in [-0.3, -0.25) is 14.4 Å². The number of anilines is 1. The molecular weight excluding hydrogens is 404 g/mol. The fourth-order valence-corrected chi connectivity index (χ4v) is 2.70. The molecule has 0 heterocycles. The summed E-state index contributed by atoms with van der Waals surface area (Å²) in [7, 11) is 1.19. The lowest BCUT2D eigenvalue weighted by molar-refractivity contribution is -0.128. The van der Waals surface area contributed by atoms with Crippen LogP contribution in [-0.2, 0) is 19.1 Å². The van der Waals surface area contributed by atoms with Crippen LogP contribution in [0.5, 0.6) is 5.75 Å². The second-order valence-electron chi connectivity index (χ2n) is 7.52. The third-order valence-corrected chi connectivity index (χ3v) is 4.62. The number of methoxy groups -OCH3 is 1. The molecular formula is C21H32N4O6. The summed E-state index contributed by atoms with van der Waals surface area (Å²) >= 11 is 0. The number of esters is 1. The summed E-state index contributed by atoms with van der Waals surface area (Å²) < 4.78 is 4.57. The van der Waals surface area contributed by atoms with Crippen molar-refractivity contribution in [3.8, 4) is 5.75 Å². The first-order chi connectivity index (χ1) is 14.6. The molecule has 0 aliphatic heterocycles. The van der Waals surface area contributed by atoms with Gasteiger partial charge in [0, 0.05) is 25.2 Å². The molecule has 0 spiro atoms. The number of ether oxygens (including phenoxy) is 1. The lowest BCUT2D eigenvalue weighted by Gasteiger charge is -2.22. The Hall–Kier alpha value is -3.14. The maximum atomic E-state index is 12.8. The van der Waals surface area contributed by atoms with Gasteiger partial charge in [-0.25, -0.2) is 4.79 Å². The van der Waals surface area contributed by atoms with E-state index in [4.69, 9.17) is 5.73 Å². The molecule has 6 N–H and O–H groups in total. The van der Waals surface area contributed by atoms with E-state index in [-0.39, 0.29) is 28.8 Å². The van der Waals surface area contributed by atoms with Crippen LogP contribution in [0.4, 0.5) is 5.69 Å². The lowest BCUT2D eigenvalue weighted by Crippen LogP contribution is -2.51. The van der Waals surface area contributed by atoms with Crippen molar-refractivity contribution in [1.29, 1.82) is 0 Å². The zero-order valence-electron chi connectivity index (χ0n) is 18.4. The van der Waals surface area contributed by atoms with E-state index in [1.165, 1.54) is 32.2 Å². The largest absolute Gasteiger partial charge is 0.507 e. The number of hydrogen-bond donors (Lipinski definition) is 5. The number of carbonyl (C=O) groups is 4. The van der Waals surface area contributed by atoms with Gasteiger partial charge in [0.2, 0.25) is 17.7 Å². The molecule has 31 heavy (non-hydrogen) atoms. The summed E-state index contributed by atoms with van der Waals surface area (Å²) in [4.78, 5) is 47.7. The van der Waals surface area contributed by atoms with Gasteiger partial charge in [-0.15, -0.1) is 0 Å². The predicted octanol–water partition coefficient (Wildman–Crippen LogP) is 0.892. The molecule has 0 aliphatic carbocycles. The number of carbonyl (C=O) groups excluding carboxylic acids is 4. The normalized spacial score (nSPS) is 12.6. The quantitative estimate of drug-likeness (QED) is 0.254. The molecule has 2 atom stereocenters. The van der Waals surface area contributed by atoms with E-state index in [2.05, 4.69) is 20.7 Å². The molecule has 0 fully saturated rings. The van der Waals surface area contributed by atoms with Crippen LogP contribution < -0.4 is 21.7 Å². The van der Waals surface area contributed by atoms with Crippen LogP contribution in [-0.4, -0.2) is 54.5 Å². The van der Waals surface area contributed by atoms with E-state index in [0.29, 0.717) is 25.8 Å². The number of unbranched alkanes of at least 4 members (excludes halogenated alkanes) is 1. The van der Waals surface area contributed by atoms with Gasteiger partial charge in [0.25, 0.3) is 0 Å². The Bertz CT molecular complexity index is 796. The molecule has 0 radical (unpaired) electrons. The molecule has 3 amide bonds. The topological polar surface area (TPSA) is 160 Å². The minimum atomic E-state index is -0.864. The van der Waals surface area contributed by atoms with Crippen molar-refractivity contribution in [1.82, 2.24) is 10.6 Å². The monoisotopic (exact) mass is 436 g/mol. The van der Waals surface area contributed by atoms with E-state index in [0.717, 1.165) is 0 Å². The summed E-state index contributed by atoms with van der Waals surface area (Å²) in [5.41, 5.74) is 6.10. The summed E-state index contributed by atoms with van der Waals surface area (Å²) in [5, 5.41) is 18.0. The van der Waals surface area contributed by atoms with Gasteiger partial charge in [0.1, 0.15) is 17.4 Å². The molecule has 1 aromatic rings. The van der Waals surface area contributed by atoms with Crippen LogP contribution >= 0.6 is 0 Å². The molecule has 1 rings (SSSR count). The Kier molecular flexibility index (Phi) is 10.5. The molecule has 1 aromatic carbocycles. The molecule has 0 unspecified atom stereocenters. The van der Waals surface area contributed by atoms with Crippen molar-refractivity contribution in [3.05, 3.63) is 23.8 Å². The minimum absolute atomic E-state index is 0.0359. The van der Waals surface area contributed by atoms with Crippen LogP contribution in [0, 0.1) is 5.92 Å². The molecule has 172 valence electrons. The maximum absolute atomic E-state index is 12.8. The third-order valence-electron chi connectivity index (χ3n) is 4.62. The Morgan fingerprint density at radius 3 is 2.35 bits per heavy atom. The van der Waals surface area contributed by atoms with Crippen LogP contribution in [0.15, 0.2) is 18.2 Å². The highest BCUT2D eigenvalue weighted by atomic mass is 16.5. The van der Waals surface area contributed by atoms with Crippen molar-refractivity contribution in [2.75, 3.05) is 19.0 Å². The molecule has 0 saturated heterocycles. The van der Waals surface area contributed by atoms with Crippen molar-refractivity contribution in [3.63, 3.8) is 0 Å². The number of phenolic OH excluding ortho intramolecular Hbond substituents is 1. The Labute approximate surface area is 181 Å². The Morgan fingerprint density at radius 1 is 1.13 bits per heavy atom. The Balaban J connectivity index is 2.86. The van der Waals surface area contributed by atoms with Gasteiger partial charge in [-0.2, -0.15) is 0 Å². The van der Waals surface area contributed by atoms with Crippen LogP contribution in [0.2, 0.25) is 0 Å². The standard InChI is InChI=1S/C21H32N4O6/c1-12(2)18(22)20(29)25-16(7-5-6-10-23-13(3)26)19(28)24-14-8-9-15(17(27)11-14)21(30)31-4/h8-9,11-12,16,18,27H,5-7,10,22H2,1-4H3,(H,23,26)(H,24,28)(H,25,29)/t16-,18-/m0/s1. The fraction of sp³-hybridized carbons (Fsp3) is 0.524. The Morgan fingerprint density at radius 2 is 1.81 bits per heavy atom. The molecule has 0 saturated carbocycles.